The van der Waals surface area contributed by atoms with Crippen LogP contribution >= 0.6 is 11.6 Å². The van der Waals surface area contributed by atoms with Crippen LogP contribution in [0.5, 0.6) is 17.2 Å². The molecule has 1 saturated carbocycles. The van der Waals surface area contributed by atoms with Gasteiger partial charge in [-0.25, -0.2) is 23.6 Å². The molecular formula is C41H39ClF2N8O7. The van der Waals surface area contributed by atoms with Crippen molar-refractivity contribution in [2.45, 2.75) is 38.3 Å². The summed E-state index contributed by atoms with van der Waals surface area (Å²) in [4.78, 5) is 57.5. The third kappa shape index (κ3) is 7.13. The molecule has 4 heterocycles. The first-order chi connectivity index (χ1) is 28.3. The SMILES string of the molecule is COc1cc(Cc2cnc(/N=C3\C(=O)N(CN4CCN(c5c(F)cc6c(=O)c(C(=O)O)cn(C7CC7)c6c5F)CC4C)c4ccc(Cl)cc43)nc2N)cc(OC)c1OC. The second kappa shape index (κ2) is 15.4. The first kappa shape index (κ1) is 39.5. The summed E-state index contributed by atoms with van der Waals surface area (Å²) in [5, 5.41) is 9.67. The van der Waals surface area contributed by atoms with Gasteiger partial charge in [0, 0.05) is 66.7 Å². The second-order valence-electron chi connectivity index (χ2n) is 14.6. The molecule has 2 aromatic heterocycles. The molecule has 3 aliphatic rings. The number of carbonyl (C=O) groups excluding carboxylic acids is 1. The normalized spacial score (nSPS) is 17.5. The molecule has 5 aromatic rings. The molecule has 2 fully saturated rings. The molecule has 1 aliphatic carbocycles. The van der Waals surface area contributed by atoms with Gasteiger partial charge in [-0.05, 0) is 61.7 Å². The first-order valence-corrected chi connectivity index (χ1v) is 19.1. The fraction of sp³-hybridized carbons (Fsp3) is 0.317. The lowest BCUT2D eigenvalue weighted by Gasteiger charge is -2.42. The maximum absolute atomic E-state index is 16.4. The summed E-state index contributed by atoms with van der Waals surface area (Å²) in [6.07, 6.45) is 4.40. The van der Waals surface area contributed by atoms with Gasteiger partial charge in [0.25, 0.3) is 11.9 Å². The number of pyridine rings is 1. The van der Waals surface area contributed by atoms with Gasteiger partial charge in [0.15, 0.2) is 17.3 Å². The Morgan fingerprint density at radius 3 is 2.41 bits per heavy atom. The topological polar surface area (TPSA) is 178 Å². The number of methoxy groups -OCH3 is 3. The summed E-state index contributed by atoms with van der Waals surface area (Å²) in [5.41, 5.74) is 7.02. The van der Waals surface area contributed by atoms with Gasteiger partial charge >= 0.3 is 5.97 Å². The summed E-state index contributed by atoms with van der Waals surface area (Å²) in [6, 6.07) is 9.09. The number of carboxylic acids is 1. The number of hydrogen-bond donors (Lipinski definition) is 2. The van der Waals surface area contributed by atoms with Crippen molar-refractivity contribution in [1.29, 1.82) is 0 Å². The fourth-order valence-corrected chi connectivity index (χ4v) is 7.97. The van der Waals surface area contributed by atoms with E-state index in [2.05, 4.69) is 15.0 Å². The van der Waals surface area contributed by atoms with Gasteiger partial charge < -0.3 is 34.5 Å². The molecule has 306 valence electrons. The van der Waals surface area contributed by atoms with Crippen molar-refractivity contribution in [2.24, 2.45) is 4.99 Å². The number of halogens is 3. The zero-order valence-electron chi connectivity index (χ0n) is 32.5. The molecule has 0 bridgehead atoms. The number of benzene rings is 3. The van der Waals surface area contributed by atoms with E-state index in [1.165, 1.54) is 25.9 Å². The highest BCUT2D eigenvalue weighted by atomic mass is 35.5. The predicted octanol–water partition coefficient (Wildman–Crippen LogP) is 5.59. The Bertz CT molecular complexity index is 2630. The highest BCUT2D eigenvalue weighted by Crippen LogP contribution is 2.41. The van der Waals surface area contributed by atoms with Crippen LogP contribution in [0.1, 0.15) is 52.9 Å². The Morgan fingerprint density at radius 1 is 1.05 bits per heavy atom. The maximum atomic E-state index is 16.4. The number of piperazine rings is 1. The molecule has 8 rings (SSSR count). The Morgan fingerprint density at radius 2 is 1.78 bits per heavy atom. The molecule has 0 spiro atoms. The van der Waals surface area contributed by atoms with Crippen molar-refractivity contribution < 1.29 is 37.7 Å². The number of fused-ring (bicyclic) bond motifs is 2. The van der Waals surface area contributed by atoms with Gasteiger partial charge in [0.2, 0.25) is 11.2 Å². The number of nitrogens with zero attached hydrogens (tertiary/aromatic N) is 7. The van der Waals surface area contributed by atoms with Crippen molar-refractivity contribution in [2.75, 3.05) is 63.2 Å². The lowest BCUT2D eigenvalue weighted by atomic mass is 10.1. The zero-order chi connectivity index (χ0) is 41.9. The largest absolute Gasteiger partial charge is 0.493 e. The van der Waals surface area contributed by atoms with Crippen molar-refractivity contribution in [3.63, 3.8) is 0 Å². The Hall–Kier alpha value is -6.33. The van der Waals surface area contributed by atoms with Crippen LogP contribution in [-0.2, 0) is 11.2 Å². The molecule has 1 saturated heterocycles. The standard InChI is InChI=1S/C41H39ClF2N8O7/c1-20-17-49(35-28(43)15-26-34(32(35)44)51(24-6-7-24)18-27(36(26)53)40(55)56)9-10-50(20)19-52-29-8-5-23(42)14-25(29)33(39(52)54)47-41-46-16-22(38(45)48-41)11-21-12-30(57-2)37(59-4)31(13-21)58-3/h5,8,12-16,18,20,24H,6-7,9-11,17,19H2,1-4H3,(H,55,56)(H2,45,46,48)/b47-33-. The van der Waals surface area contributed by atoms with Crippen LogP contribution in [0.4, 0.5) is 31.9 Å². The minimum atomic E-state index is -1.46. The Balaban J connectivity index is 1.03. The summed E-state index contributed by atoms with van der Waals surface area (Å²) >= 11 is 6.40. The third-order valence-electron chi connectivity index (χ3n) is 10.9. The van der Waals surface area contributed by atoms with E-state index in [1.807, 2.05) is 11.8 Å². The van der Waals surface area contributed by atoms with Gasteiger partial charge in [0.05, 0.1) is 44.6 Å². The van der Waals surface area contributed by atoms with E-state index in [9.17, 15) is 19.5 Å². The average molecular weight is 829 g/mol. The molecule has 1 unspecified atom stereocenters. The number of nitrogen functional groups attached to an aromatic ring is 1. The smallest absolute Gasteiger partial charge is 0.341 e. The van der Waals surface area contributed by atoms with Crippen molar-refractivity contribution in [3.8, 4) is 17.2 Å². The highest BCUT2D eigenvalue weighted by molar-refractivity contribution is 6.55. The van der Waals surface area contributed by atoms with E-state index in [0.29, 0.717) is 64.9 Å². The Labute approximate surface area is 341 Å². The maximum Gasteiger partial charge on any atom is 0.341 e. The van der Waals surface area contributed by atoms with Crippen LogP contribution in [0.2, 0.25) is 5.02 Å². The van der Waals surface area contributed by atoms with Gasteiger partial charge in [-0.15, -0.1) is 0 Å². The van der Waals surface area contributed by atoms with E-state index < -0.39 is 34.5 Å². The van der Waals surface area contributed by atoms with Gasteiger partial charge in [-0.2, -0.15) is 4.98 Å². The summed E-state index contributed by atoms with van der Waals surface area (Å²) in [5.74, 6) is -2.21. The Kier molecular flexibility index (Phi) is 10.3. The van der Waals surface area contributed by atoms with E-state index in [-0.39, 0.29) is 65.9 Å². The van der Waals surface area contributed by atoms with Crippen LogP contribution in [-0.4, -0.2) is 95.8 Å². The number of carbonyl (C=O) groups is 2. The highest BCUT2D eigenvalue weighted by Gasteiger charge is 2.38. The zero-order valence-corrected chi connectivity index (χ0v) is 33.2. The molecule has 3 N–H and O–H groups in total. The number of hydrogen-bond acceptors (Lipinski definition) is 12. The number of ether oxygens (including phenoxy) is 3. The van der Waals surface area contributed by atoms with Crippen LogP contribution in [0, 0.1) is 11.6 Å². The van der Waals surface area contributed by atoms with Crippen LogP contribution in [0.3, 0.4) is 0 Å². The first-order valence-electron chi connectivity index (χ1n) is 18.7. The number of aromatic nitrogens is 3. The number of rotatable bonds is 11. The molecule has 3 aromatic carbocycles. The van der Waals surface area contributed by atoms with Crippen LogP contribution in [0.25, 0.3) is 10.9 Å². The van der Waals surface area contributed by atoms with Crippen LogP contribution in [0.15, 0.2) is 58.6 Å². The van der Waals surface area contributed by atoms with Crippen molar-refractivity contribution in [3.05, 3.63) is 97.9 Å². The van der Waals surface area contributed by atoms with E-state index in [4.69, 9.17) is 31.5 Å². The molecular weight excluding hydrogens is 790 g/mol. The number of aromatic carboxylic acids is 1. The molecule has 2 aliphatic heterocycles. The van der Waals surface area contributed by atoms with E-state index >= 15 is 8.78 Å². The lowest BCUT2D eigenvalue weighted by molar-refractivity contribution is -0.112. The van der Waals surface area contributed by atoms with Gasteiger partial charge in [0.1, 0.15) is 28.6 Å². The number of amides is 1. The van der Waals surface area contributed by atoms with Crippen LogP contribution < -0.4 is 35.2 Å². The average Bonchev–Trinajstić information content (AvgIpc) is 4.03. The molecule has 1 atom stereocenters. The monoisotopic (exact) mass is 828 g/mol. The molecule has 18 heteroatoms. The number of carboxylic acid groups (broad SMARTS) is 1. The number of nitrogens with two attached hydrogens (primary N) is 1. The number of anilines is 3. The lowest BCUT2D eigenvalue weighted by Crippen LogP contribution is -2.56. The van der Waals surface area contributed by atoms with Crippen molar-refractivity contribution >= 4 is 63.2 Å². The van der Waals surface area contributed by atoms with Crippen molar-refractivity contribution in [1.82, 2.24) is 19.4 Å². The summed E-state index contributed by atoms with van der Waals surface area (Å²) in [7, 11) is 4.58. The summed E-state index contributed by atoms with van der Waals surface area (Å²) in [6.45, 7) is 2.71. The molecule has 15 nitrogen and oxygen atoms in total. The van der Waals surface area contributed by atoms with E-state index in [0.717, 1.165) is 17.8 Å². The summed E-state index contributed by atoms with van der Waals surface area (Å²) < 4.78 is 50.0. The quantitative estimate of drug-likeness (QED) is 0.169. The van der Waals surface area contributed by atoms with Gasteiger partial charge in [-0.1, -0.05) is 11.6 Å². The molecule has 0 radical (unpaired) electrons. The third-order valence-corrected chi connectivity index (χ3v) is 11.2. The minimum absolute atomic E-state index is 0.0278. The molecule has 59 heavy (non-hydrogen) atoms. The minimum Gasteiger partial charge on any atom is -0.493 e. The second-order valence-corrected chi connectivity index (χ2v) is 15.1. The van der Waals surface area contributed by atoms with E-state index in [1.54, 1.807) is 46.3 Å². The number of aliphatic imine (C=N–C) groups is 1. The fourth-order valence-electron chi connectivity index (χ4n) is 7.80. The van der Waals surface area contributed by atoms with Gasteiger partial charge in [-0.3, -0.25) is 19.4 Å². The molecule has 1 amide bonds. The predicted molar refractivity (Wildman–Crippen MR) is 217 cm³/mol.